The van der Waals surface area contributed by atoms with Crippen molar-refractivity contribution in [2.45, 2.75) is 12.5 Å². The molecule has 0 spiro atoms. The molecule has 3 N–H and O–H groups in total. The van der Waals surface area contributed by atoms with Gasteiger partial charge in [-0.25, -0.2) is 9.78 Å². The zero-order chi connectivity index (χ0) is 16.2. The Labute approximate surface area is 132 Å². The number of fused-ring (bicyclic) bond motifs is 1. The number of amides is 1. The molecule has 0 aliphatic heterocycles. The molecule has 3 rings (SSSR count). The van der Waals surface area contributed by atoms with Crippen LogP contribution in [0.15, 0.2) is 42.9 Å². The summed E-state index contributed by atoms with van der Waals surface area (Å²) in [5, 5.41) is 3.62. The first-order valence-electron chi connectivity index (χ1n) is 7.11. The van der Waals surface area contributed by atoms with E-state index < -0.39 is 12.0 Å². The fraction of sp³-hybridized carbons (Fsp3) is 0.188. The number of carbonyl (C=O) groups excluding carboxylic acids is 2. The van der Waals surface area contributed by atoms with E-state index in [2.05, 4.69) is 20.3 Å². The van der Waals surface area contributed by atoms with Crippen LogP contribution in [-0.4, -0.2) is 40.0 Å². The Hall–Kier alpha value is -3.09. The van der Waals surface area contributed by atoms with Gasteiger partial charge < -0.3 is 20.0 Å². The fourth-order valence-electron chi connectivity index (χ4n) is 2.38. The number of methoxy groups -OCH3 is 1. The largest absolute Gasteiger partial charge is 0.467 e. The number of hydrogen-bond donors (Lipinski definition) is 3. The highest BCUT2D eigenvalue weighted by molar-refractivity contribution is 5.99. The fourth-order valence-corrected chi connectivity index (χ4v) is 2.38. The zero-order valence-electron chi connectivity index (χ0n) is 12.5. The minimum Gasteiger partial charge on any atom is -0.467 e. The van der Waals surface area contributed by atoms with Crippen molar-refractivity contribution < 1.29 is 14.3 Å². The molecule has 0 bridgehead atoms. The normalized spacial score (nSPS) is 12.0. The lowest BCUT2D eigenvalue weighted by Crippen LogP contribution is -2.43. The van der Waals surface area contributed by atoms with Gasteiger partial charge >= 0.3 is 5.97 Å². The molecule has 0 aliphatic rings. The number of nitrogens with zero attached hydrogens (tertiary/aromatic N) is 1. The molecule has 2 heterocycles. The molecule has 0 saturated carbocycles. The summed E-state index contributed by atoms with van der Waals surface area (Å²) in [6.45, 7) is 0. The first kappa shape index (κ1) is 14.8. The first-order valence-corrected chi connectivity index (χ1v) is 7.11. The summed E-state index contributed by atoms with van der Waals surface area (Å²) in [7, 11) is 1.29. The average molecular weight is 312 g/mol. The number of rotatable bonds is 5. The highest BCUT2D eigenvalue weighted by Crippen LogP contribution is 2.14. The van der Waals surface area contributed by atoms with E-state index in [1.165, 1.54) is 13.4 Å². The summed E-state index contributed by atoms with van der Waals surface area (Å²) in [5.41, 5.74) is 1.99. The second kappa shape index (κ2) is 6.35. The van der Waals surface area contributed by atoms with Gasteiger partial charge in [0.25, 0.3) is 5.91 Å². The Bertz CT molecular complexity index is 790. The molecule has 23 heavy (non-hydrogen) atoms. The van der Waals surface area contributed by atoms with Gasteiger partial charge in [0.15, 0.2) is 0 Å². The van der Waals surface area contributed by atoms with Crippen LogP contribution >= 0.6 is 0 Å². The molecule has 0 saturated heterocycles. The second-order valence-corrected chi connectivity index (χ2v) is 5.10. The summed E-state index contributed by atoms with van der Waals surface area (Å²) < 4.78 is 4.76. The number of carbonyl (C=O) groups is 2. The van der Waals surface area contributed by atoms with Crippen LogP contribution in [0.2, 0.25) is 0 Å². The van der Waals surface area contributed by atoms with E-state index >= 15 is 0 Å². The maximum absolute atomic E-state index is 12.4. The molecule has 118 valence electrons. The van der Waals surface area contributed by atoms with E-state index in [9.17, 15) is 9.59 Å². The van der Waals surface area contributed by atoms with Crippen molar-refractivity contribution >= 4 is 22.8 Å². The third-order valence-corrected chi connectivity index (χ3v) is 3.54. The molecule has 1 aromatic carbocycles. The molecule has 3 aromatic rings. The number of nitrogens with one attached hydrogen (secondary N) is 3. The van der Waals surface area contributed by atoms with Crippen LogP contribution in [0.4, 0.5) is 0 Å². The summed E-state index contributed by atoms with van der Waals surface area (Å²) >= 11 is 0. The molecular formula is C16H16N4O3. The van der Waals surface area contributed by atoms with E-state index in [-0.39, 0.29) is 12.3 Å². The Morgan fingerprint density at radius 3 is 2.87 bits per heavy atom. The lowest BCUT2D eigenvalue weighted by Gasteiger charge is -2.15. The second-order valence-electron chi connectivity index (χ2n) is 5.10. The standard InChI is InChI=1S/C16H16N4O3/c1-23-16(22)14(7-11-8-17-9-18-11)20-15(21)13-6-10-4-2-3-5-12(10)19-13/h2-6,8-9,14,19H,7H2,1H3,(H,17,18)(H,20,21)/t14-/m0/s1. The number of aromatic nitrogens is 3. The van der Waals surface area contributed by atoms with Crippen LogP contribution in [0.1, 0.15) is 16.2 Å². The van der Waals surface area contributed by atoms with Crippen LogP contribution in [0, 0.1) is 0 Å². The van der Waals surface area contributed by atoms with Crippen molar-refractivity contribution in [2.24, 2.45) is 0 Å². The summed E-state index contributed by atoms with van der Waals surface area (Å²) in [6.07, 6.45) is 3.40. The van der Waals surface area contributed by atoms with E-state index in [0.717, 1.165) is 16.6 Å². The highest BCUT2D eigenvalue weighted by atomic mass is 16.5. The van der Waals surface area contributed by atoms with Crippen molar-refractivity contribution in [3.05, 3.63) is 54.2 Å². The summed E-state index contributed by atoms with van der Waals surface area (Å²) in [5.74, 6) is -0.875. The van der Waals surface area contributed by atoms with Crippen molar-refractivity contribution in [3.63, 3.8) is 0 Å². The van der Waals surface area contributed by atoms with Gasteiger partial charge in [-0.3, -0.25) is 4.79 Å². The minimum atomic E-state index is -0.792. The van der Waals surface area contributed by atoms with Gasteiger partial charge in [-0.2, -0.15) is 0 Å². The van der Waals surface area contributed by atoms with Gasteiger partial charge in [-0.1, -0.05) is 18.2 Å². The van der Waals surface area contributed by atoms with Crippen LogP contribution in [0.25, 0.3) is 10.9 Å². The third-order valence-electron chi connectivity index (χ3n) is 3.54. The van der Waals surface area contributed by atoms with Crippen LogP contribution < -0.4 is 5.32 Å². The van der Waals surface area contributed by atoms with Crippen molar-refractivity contribution in [1.29, 1.82) is 0 Å². The molecule has 0 fully saturated rings. The Morgan fingerprint density at radius 1 is 1.35 bits per heavy atom. The number of para-hydroxylation sites is 1. The number of aromatic amines is 2. The smallest absolute Gasteiger partial charge is 0.328 e. The third kappa shape index (κ3) is 3.23. The number of ether oxygens (including phenoxy) is 1. The molecule has 7 nitrogen and oxygen atoms in total. The Morgan fingerprint density at radius 2 is 2.17 bits per heavy atom. The Kier molecular flexibility index (Phi) is 4.09. The van der Waals surface area contributed by atoms with E-state index in [1.807, 2.05) is 24.3 Å². The number of benzene rings is 1. The quantitative estimate of drug-likeness (QED) is 0.620. The lowest BCUT2D eigenvalue weighted by atomic mass is 10.1. The predicted octanol–water partition coefficient (Wildman–Crippen LogP) is 1.41. The predicted molar refractivity (Wildman–Crippen MR) is 83.9 cm³/mol. The number of H-pyrrole nitrogens is 2. The summed E-state index contributed by atoms with van der Waals surface area (Å²) in [4.78, 5) is 34.1. The number of imidazole rings is 1. The van der Waals surface area contributed by atoms with Gasteiger partial charge in [0.05, 0.1) is 13.4 Å². The van der Waals surface area contributed by atoms with Gasteiger partial charge in [0.2, 0.25) is 0 Å². The summed E-state index contributed by atoms with van der Waals surface area (Å²) in [6, 6.07) is 8.53. The molecule has 0 unspecified atom stereocenters. The SMILES string of the molecule is COC(=O)[C@H](Cc1cnc[nH]1)NC(=O)c1cc2ccccc2[nH]1. The molecular weight excluding hydrogens is 296 g/mol. The molecule has 0 aliphatic carbocycles. The minimum absolute atomic E-state index is 0.276. The van der Waals surface area contributed by atoms with Crippen LogP contribution in [0.3, 0.4) is 0 Å². The zero-order valence-corrected chi connectivity index (χ0v) is 12.5. The van der Waals surface area contributed by atoms with E-state index in [0.29, 0.717) is 5.69 Å². The van der Waals surface area contributed by atoms with Crippen molar-refractivity contribution in [3.8, 4) is 0 Å². The monoisotopic (exact) mass is 312 g/mol. The van der Waals surface area contributed by atoms with Gasteiger partial charge in [0, 0.05) is 29.2 Å². The maximum atomic E-state index is 12.4. The van der Waals surface area contributed by atoms with Gasteiger partial charge in [-0.15, -0.1) is 0 Å². The number of esters is 1. The average Bonchev–Trinajstić information content (AvgIpc) is 3.22. The van der Waals surface area contributed by atoms with Gasteiger partial charge in [-0.05, 0) is 12.1 Å². The van der Waals surface area contributed by atoms with Crippen molar-refractivity contribution in [2.75, 3.05) is 7.11 Å². The van der Waals surface area contributed by atoms with E-state index in [1.54, 1.807) is 12.3 Å². The number of hydrogen-bond acceptors (Lipinski definition) is 4. The maximum Gasteiger partial charge on any atom is 0.328 e. The highest BCUT2D eigenvalue weighted by Gasteiger charge is 2.23. The van der Waals surface area contributed by atoms with Crippen LogP contribution in [0.5, 0.6) is 0 Å². The van der Waals surface area contributed by atoms with E-state index in [4.69, 9.17) is 4.74 Å². The molecule has 1 atom stereocenters. The van der Waals surface area contributed by atoms with Crippen molar-refractivity contribution in [1.82, 2.24) is 20.3 Å². The molecule has 2 aromatic heterocycles. The lowest BCUT2D eigenvalue weighted by molar-refractivity contribution is -0.142. The molecule has 0 radical (unpaired) electrons. The van der Waals surface area contributed by atoms with Crippen LogP contribution in [-0.2, 0) is 16.0 Å². The molecule has 7 heteroatoms. The topological polar surface area (TPSA) is 99.9 Å². The molecule has 1 amide bonds. The first-order chi connectivity index (χ1) is 11.2. The van der Waals surface area contributed by atoms with Gasteiger partial charge in [0.1, 0.15) is 11.7 Å². The Balaban J connectivity index is 1.78.